The molecular formula is C15H19BrN4. The molecule has 0 aliphatic heterocycles. The van der Waals surface area contributed by atoms with Gasteiger partial charge in [-0.05, 0) is 50.6 Å². The minimum absolute atomic E-state index is 0.625. The molecule has 0 radical (unpaired) electrons. The summed E-state index contributed by atoms with van der Waals surface area (Å²) in [5.41, 5.74) is 2.17. The molecule has 1 aromatic carbocycles. The van der Waals surface area contributed by atoms with Crippen LogP contribution in [0.1, 0.15) is 19.4 Å². The Labute approximate surface area is 128 Å². The number of benzene rings is 1. The molecule has 2 aromatic rings. The van der Waals surface area contributed by atoms with Gasteiger partial charge in [-0.3, -0.25) is 0 Å². The van der Waals surface area contributed by atoms with E-state index in [1.54, 1.807) is 6.20 Å². The molecule has 0 aliphatic rings. The largest absolute Gasteiger partial charge is 0.357 e. The molecule has 0 aliphatic carbocycles. The first-order chi connectivity index (χ1) is 9.63. The van der Waals surface area contributed by atoms with E-state index in [9.17, 15) is 0 Å². The monoisotopic (exact) mass is 334 g/mol. The van der Waals surface area contributed by atoms with Gasteiger partial charge < -0.3 is 10.2 Å². The Morgan fingerprint density at radius 2 is 1.95 bits per heavy atom. The molecule has 0 bridgehead atoms. The van der Waals surface area contributed by atoms with Crippen molar-refractivity contribution in [2.45, 2.75) is 20.8 Å². The van der Waals surface area contributed by atoms with Gasteiger partial charge in [0.15, 0.2) is 0 Å². The van der Waals surface area contributed by atoms with E-state index in [0.29, 0.717) is 5.95 Å². The topological polar surface area (TPSA) is 41.1 Å². The third kappa shape index (κ3) is 3.48. The fourth-order valence-electron chi connectivity index (χ4n) is 2.02. The number of aryl methyl sites for hydroxylation is 1. The Bertz CT molecular complexity index is 582. The standard InChI is InChI=1S/C15H19BrN4/c1-4-20(5-2)14-8-9-17-15(19-14)18-13-7-6-12(16)10-11(13)3/h6-10H,4-5H2,1-3H3,(H,17,18,19). The highest BCUT2D eigenvalue weighted by Gasteiger charge is 2.06. The van der Waals surface area contributed by atoms with Crippen LogP contribution in [0.5, 0.6) is 0 Å². The number of rotatable bonds is 5. The van der Waals surface area contributed by atoms with Crippen molar-refractivity contribution in [2.24, 2.45) is 0 Å². The summed E-state index contributed by atoms with van der Waals surface area (Å²) in [6.07, 6.45) is 1.79. The lowest BCUT2D eigenvalue weighted by Crippen LogP contribution is -2.23. The first-order valence-corrected chi connectivity index (χ1v) is 7.54. The van der Waals surface area contributed by atoms with E-state index < -0.39 is 0 Å². The minimum Gasteiger partial charge on any atom is -0.357 e. The van der Waals surface area contributed by atoms with Gasteiger partial charge in [-0.2, -0.15) is 4.98 Å². The van der Waals surface area contributed by atoms with E-state index in [4.69, 9.17) is 0 Å². The van der Waals surface area contributed by atoms with Crippen LogP contribution in [-0.4, -0.2) is 23.1 Å². The van der Waals surface area contributed by atoms with Crippen LogP contribution in [0.15, 0.2) is 34.9 Å². The average molecular weight is 335 g/mol. The van der Waals surface area contributed by atoms with Gasteiger partial charge in [0, 0.05) is 29.4 Å². The number of hydrogen-bond acceptors (Lipinski definition) is 4. The highest BCUT2D eigenvalue weighted by atomic mass is 79.9. The number of aromatic nitrogens is 2. The normalized spacial score (nSPS) is 10.4. The molecule has 106 valence electrons. The van der Waals surface area contributed by atoms with Crippen molar-refractivity contribution < 1.29 is 0 Å². The van der Waals surface area contributed by atoms with Gasteiger partial charge in [0.2, 0.25) is 5.95 Å². The summed E-state index contributed by atoms with van der Waals surface area (Å²) in [6, 6.07) is 8.03. The maximum Gasteiger partial charge on any atom is 0.229 e. The third-order valence-corrected chi connectivity index (χ3v) is 3.66. The quantitative estimate of drug-likeness (QED) is 0.892. The van der Waals surface area contributed by atoms with Gasteiger partial charge in [-0.25, -0.2) is 4.98 Å². The number of halogens is 1. The van der Waals surface area contributed by atoms with Crippen molar-refractivity contribution in [3.05, 3.63) is 40.5 Å². The van der Waals surface area contributed by atoms with Crippen LogP contribution in [0, 0.1) is 6.92 Å². The molecule has 2 rings (SSSR count). The zero-order chi connectivity index (χ0) is 14.5. The first-order valence-electron chi connectivity index (χ1n) is 6.75. The Morgan fingerprint density at radius 3 is 2.60 bits per heavy atom. The fraction of sp³-hybridized carbons (Fsp3) is 0.333. The zero-order valence-corrected chi connectivity index (χ0v) is 13.6. The van der Waals surface area contributed by atoms with Crippen LogP contribution in [0.3, 0.4) is 0 Å². The predicted molar refractivity (Wildman–Crippen MR) is 87.8 cm³/mol. The van der Waals surface area contributed by atoms with Gasteiger partial charge in [-0.15, -0.1) is 0 Å². The number of hydrogen-bond donors (Lipinski definition) is 1. The lowest BCUT2D eigenvalue weighted by Gasteiger charge is -2.20. The van der Waals surface area contributed by atoms with Gasteiger partial charge in [-0.1, -0.05) is 15.9 Å². The Kier molecular flexibility index (Phi) is 4.95. The fourth-order valence-corrected chi connectivity index (χ4v) is 2.50. The molecule has 1 heterocycles. The molecule has 1 N–H and O–H groups in total. The molecule has 20 heavy (non-hydrogen) atoms. The van der Waals surface area contributed by atoms with Crippen molar-refractivity contribution in [3.63, 3.8) is 0 Å². The van der Waals surface area contributed by atoms with Crippen LogP contribution in [-0.2, 0) is 0 Å². The molecule has 5 heteroatoms. The summed E-state index contributed by atoms with van der Waals surface area (Å²) in [5.74, 6) is 1.57. The van der Waals surface area contributed by atoms with E-state index in [0.717, 1.165) is 34.6 Å². The molecule has 0 amide bonds. The van der Waals surface area contributed by atoms with Crippen molar-refractivity contribution in [1.29, 1.82) is 0 Å². The SMILES string of the molecule is CCN(CC)c1ccnc(Nc2ccc(Br)cc2C)n1. The molecule has 0 saturated heterocycles. The summed E-state index contributed by atoms with van der Waals surface area (Å²) < 4.78 is 1.07. The summed E-state index contributed by atoms with van der Waals surface area (Å²) in [6.45, 7) is 8.17. The number of anilines is 3. The molecule has 0 saturated carbocycles. The van der Waals surface area contributed by atoms with E-state index in [-0.39, 0.29) is 0 Å². The third-order valence-electron chi connectivity index (χ3n) is 3.16. The van der Waals surface area contributed by atoms with Crippen molar-refractivity contribution >= 4 is 33.4 Å². The Balaban J connectivity index is 2.23. The molecule has 4 nitrogen and oxygen atoms in total. The second kappa shape index (κ2) is 6.70. The van der Waals surface area contributed by atoms with Gasteiger partial charge in [0.25, 0.3) is 0 Å². The Hall–Kier alpha value is -1.62. The minimum atomic E-state index is 0.625. The average Bonchev–Trinajstić information content (AvgIpc) is 2.44. The summed E-state index contributed by atoms with van der Waals surface area (Å²) in [4.78, 5) is 11.0. The first kappa shape index (κ1) is 14.8. The van der Waals surface area contributed by atoms with Crippen LogP contribution < -0.4 is 10.2 Å². The highest BCUT2D eigenvalue weighted by Crippen LogP contribution is 2.23. The van der Waals surface area contributed by atoms with E-state index in [1.165, 1.54) is 0 Å². The van der Waals surface area contributed by atoms with Crippen molar-refractivity contribution in [1.82, 2.24) is 9.97 Å². The zero-order valence-electron chi connectivity index (χ0n) is 12.0. The van der Waals surface area contributed by atoms with Crippen LogP contribution in [0.25, 0.3) is 0 Å². The number of nitrogens with one attached hydrogen (secondary N) is 1. The van der Waals surface area contributed by atoms with Gasteiger partial charge in [0.1, 0.15) is 5.82 Å². The van der Waals surface area contributed by atoms with E-state index in [2.05, 4.69) is 63.0 Å². The van der Waals surface area contributed by atoms with E-state index in [1.807, 2.05) is 18.2 Å². The van der Waals surface area contributed by atoms with Crippen LogP contribution in [0.4, 0.5) is 17.5 Å². The lowest BCUT2D eigenvalue weighted by molar-refractivity contribution is 0.843. The maximum absolute atomic E-state index is 4.57. The molecule has 0 spiro atoms. The smallest absolute Gasteiger partial charge is 0.229 e. The molecule has 0 unspecified atom stereocenters. The van der Waals surface area contributed by atoms with Crippen LogP contribution in [0.2, 0.25) is 0 Å². The van der Waals surface area contributed by atoms with Crippen LogP contribution >= 0.6 is 15.9 Å². The lowest BCUT2D eigenvalue weighted by atomic mass is 10.2. The molecule has 0 fully saturated rings. The van der Waals surface area contributed by atoms with E-state index >= 15 is 0 Å². The van der Waals surface area contributed by atoms with Crippen molar-refractivity contribution in [3.8, 4) is 0 Å². The Morgan fingerprint density at radius 1 is 1.20 bits per heavy atom. The molecule has 1 aromatic heterocycles. The maximum atomic E-state index is 4.57. The molecular weight excluding hydrogens is 316 g/mol. The highest BCUT2D eigenvalue weighted by molar-refractivity contribution is 9.10. The van der Waals surface area contributed by atoms with Crippen molar-refractivity contribution in [2.75, 3.05) is 23.3 Å². The number of nitrogens with zero attached hydrogens (tertiary/aromatic N) is 3. The predicted octanol–water partition coefficient (Wildman–Crippen LogP) is 4.14. The second-order valence-corrected chi connectivity index (χ2v) is 5.41. The summed E-state index contributed by atoms with van der Waals surface area (Å²) in [7, 11) is 0. The molecule has 0 atom stereocenters. The van der Waals surface area contributed by atoms with Gasteiger partial charge in [0.05, 0.1) is 0 Å². The summed E-state index contributed by atoms with van der Waals surface area (Å²) in [5, 5.41) is 3.27. The second-order valence-electron chi connectivity index (χ2n) is 4.49. The summed E-state index contributed by atoms with van der Waals surface area (Å²) >= 11 is 3.47. The van der Waals surface area contributed by atoms with Gasteiger partial charge >= 0.3 is 0 Å².